The minimum absolute atomic E-state index is 0.323. The van der Waals surface area contributed by atoms with E-state index in [9.17, 15) is 4.79 Å². The van der Waals surface area contributed by atoms with Gasteiger partial charge in [0.25, 0.3) is 0 Å². The third kappa shape index (κ3) is 2.05. The molecular weight excluding hydrogens is 154 g/mol. The lowest BCUT2D eigenvalue weighted by Crippen LogP contribution is -2.06. The van der Waals surface area contributed by atoms with E-state index in [0.29, 0.717) is 12.3 Å². The summed E-state index contributed by atoms with van der Waals surface area (Å²) in [5.74, 6) is -0.391. The highest BCUT2D eigenvalue weighted by molar-refractivity contribution is 5.87. The summed E-state index contributed by atoms with van der Waals surface area (Å²) in [6, 6.07) is 3.32. The highest BCUT2D eigenvalue weighted by atomic mass is 16.5. The van der Waals surface area contributed by atoms with Gasteiger partial charge in [0.2, 0.25) is 0 Å². The van der Waals surface area contributed by atoms with Crippen molar-refractivity contribution < 1.29 is 9.53 Å². The summed E-state index contributed by atoms with van der Waals surface area (Å²) < 4.78 is 4.75. The van der Waals surface area contributed by atoms with E-state index >= 15 is 0 Å². The van der Waals surface area contributed by atoms with Crippen LogP contribution in [0.2, 0.25) is 0 Å². The van der Waals surface area contributed by atoms with Crippen LogP contribution in [0.4, 0.5) is 0 Å². The fraction of sp³-hybridized carbons (Fsp3) is 0.222. The zero-order valence-corrected chi connectivity index (χ0v) is 6.91. The van der Waals surface area contributed by atoms with Crippen LogP contribution >= 0.6 is 0 Å². The average molecular weight is 164 g/mol. The number of ether oxygens (including phenoxy) is 1. The van der Waals surface area contributed by atoms with Crippen LogP contribution in [0.5, 0.6) is 0 Å². The zero-order valence-electron chi connectivity index (χ0n) is 6.91. The SMILES string of the molecule is [CH2]c1ccc(C(=O)OCC)nc1. The number of hydrogen-bond donors (Lipinski definition) is 0. The lowest BCUT2D eigenvalue weighted by Gasteiger charge is -1.99. The highest BCUT2D eigenvalue weighted by Crippen LogP contribution is 1.99. The molecule has 3 heteroatoms. The highest BCUT2D eigenvalue weighted by Gasteiger charge is 2.05. The molecule has 1 aromatic rings. The molecule has 0 saturated heterocycles. The second kappa shape index (κ2) is 3.85. The second-order valence-electron chi connectivity index (χ2n) is 2.27. The Labute approximate surface area is 71.4 Å². The molecule has 1 aromatic heterocycles. The predicted octanol–water partition coefficient (Wildman–Crippen LogP) is 1.44. The van der Waals surface area contributed by atoms with Crippen molar-refractivity contribution in [3.8, 4) is 0 Å². The van der Waals surface area contributed by atoms with Crippen LogP contribution in [-0.2, 0) is 4.74 Å². The van der Waals surface area contributed by atoms with Crippen molar-refractivity contribution in [3.05, 3.63) is 36.5 Å². The van der Waals surface area contributed by atoms with Crippen LogP contribution in [-0.4, -0.2) is 17.6 Å². The van der Waals surface area contributed by atoms with E-state index in [4.69, 9.17) is 4.74 Å². The van der Waals surface area contributed by atoms with Crippen LogP contribution in [0.1, 0.15) is 23.0 Å². The lowest BCUT2D eigenvalue weighted by molar-refractivity contribution is 0.0519. The molecule has 1 rings (SSSR count). The Kier molecular flexibility index (Phi) is 2.80. The first-order valence-corrected chi connectivity index (χ1v) is 3.69. The van der Waals surface area contributed by atoms with Gasteiger partial charge in [0.05, 0.1) is 6.61 Å². The molecule has 1 radical (unpaired) electrons. The van der Waals surface area contributed by atoms with Gasteiger partial charge in [-0.05, 0) is 25.5 Å². The summed E-state index contributed by atoms with van der Waals surface area (Å²) in [7, 11) is 0. The summed E-state index contributed by atoms with van der Waals surface area (Å²) in [6.45, 7) is 5.78. The van der Waals surface area contributed by atoms with Crippen LogP contribution in [0.25, 0.3) is 0 Å². The number of pyridine rings is 1. The number of carbonyl (C=O) groups is 1. The van der Waals surface area contributed by atoms with Gasteiger partial charge in [0.1, 0.15) is 5.69 Å². The molecule has 0 unspecified atom stereocenters. The number of hydrogen-bond acceptors (Lipinski definition) is 3. The Morgan fingerprint density at radius 3 is 2.92 bits per heavy atom. The Hall–Kier alpha value is -1.38. The number of esters is 1. The van der Waals surface area contributed by atoms with Crippen molar-refractivity contribution in [1.29, 1.82) is 0 Å². The van der Waals surface area contributed by atoms with E-state index in [1.165, 1.54) is 6.20 Å². The molecule has 0 amide bonds. The molecule has 0 saturated carbocycles. The lowest BCUT2D eigenvalue weighted by atomic mass is 10.3. The van der Waals surface area contributed by atoms with Gasteiger partial charge >= 0.3 is 5.97 Å². The summed E-state index contributed by atoms with van der Waals surface area (Å²) in [5, 5.41) is 0. The summed E-state index contributed by atoms with van der Waals surface area (Å²) in [5.41, 5.74) is 1.10. The van der Waals surface area contributed by atoms with Gasteiger partial charge in [-0.2, -0.15) is 0 Å². The zero-order chi connectivity index (χ0) is 8.97. The predicted molar refractivity (Wildman–Crippen MR) is 44.7 cm³/mol. The molecule has 0 fully saturated rings. The molecule has 0 aromatic carbocycles. The molecule has 1 heterocycles. The van der Waals surface area contributed by atoms with E-state index in [1.54, 1.807) is 19.1 Å². The van der Waals surface area contributed by atoms with Gasteiger partial charge in [-0.25, -0.2) is 9.78 Å². The molecule has 0 aliphatic carbocycles. The Morgan fingerprint density at radius 1 is 1.67 bits per heavy atom. The topological polar surface area (TPSA) is 39.2 Å². The number of nitrogens with zero attached hydrogens (tertiary/aromatic N) is 1. The monoisotopic (exact) mass is 164 g/mol. The standard InChI is InChI=1S/C9H10NO2/c1-3-12-9(11)8-5-4-7(2)6-10-8/h4-6H,2-3H2,1H3. The minimum Gasteiger partial charge on any atom is -0.461 e. The third-order valence-corrected chi connectivity index (χ3v) is 1.31. The van der Waals surface area contributed by atoms with E-state index in [-0.39, 0.29) is 0 Å². The largest absolute Gasteiger partial charge is 0.461 e. The molecule has 0 atom stereocenters. The Morgan fingerprint density at radius 2 is 2.42 bits per heavy atom. The summed E-state index contributed by atoms with van der Waals surface area (Å²) >= 11 is 0. The van der Waals surface area contributed by atoms with E-state index in [0.717, 1.165) is 5.56 Å². The molecule has 0 aliphatic rings. The first-order chi connectivity index (χ1) is 5.74. The van der Waals surface area contributed by atoms with Gasteiger partial charge in [-0.15, -0.1) is 0 Å². The number of aromatic nitrogens is 1. The second-order valence-corrected chi connectivity index (χ2v) is 2.27. The molecule has 0 aliphatic heterocycles. The molecule has 0 N–H and O–H groups in total. The van der Waals surface area contributed by atoms with Crippen molar-refractivity contribution in [1.82, 2.24) is 4.98 Å². The van der Waals surface area contributed by atoms with E-state index in [1.807, 2.05) is 0 Å². The Balaban J connectivity index is 2.75. The number of rotatable bonds is 2. The molecule has 3 nitrogen and oxygen atoms in total. The smallest absolute Gasteiger partial charge is 0.356 e. The maximum atomic E-state index is 11.1. The molecule has 12 heavy (non-hydrogen) atoms. The molecular formula is C9H10NO2. The summed E-state index contributed by atoms with van der Waals surface area (Å²) in [4.78, 5) is 14.9. The van der Waals surface area contributed by atoms with Crippen molar-refractivity contribution in [2.45, 2.75) is 6.92 Å². The quantitative estimate of drug-likeness (QED) is 0.621. The summed E-state index contributed by atoms with van der Waals surface area (Å²) in [6.07, 6.45) is 1.53. The first-order valence-electron chi connectivity index (χ1n) is 3.69. The average Bonchev–Trinajstić information content (AvgIpc) is 2.06. The van der Waals surface area contributed by atoms with Gasteiger partial charge in [-0.3, -0.25) is 0 Å². The van der Waals surface area contributed by atoms with Crippen molar-refractivity contribution in [2.24, 2.45) is 0 Å². The minimum atomic E-state index is -0.391. The third-order valence-electron chi connectivity index (χ3n) is 1.31. The fourth-order valence-corrected chi connectivity index (χ4v) is 0.750. The normalized spacial score (nSPS) is 9.50. The van der Waals surface area contributed by atoms with E-state index in [2.05, 4.69) is 11.9 Å². The maximum Gasteiger partial charge on any atom is 0.356 e. The Bertz CT molecular complexity index is 266. The maximum absolute atomic E-state index is 11.1. The number of carbonyl (C=O) groups excluding carboxylic acids is 1. The molecule has 63 valence electrons. The first kappa shape index (κ1) is 8.71. The fourth-order valence-electron chi connectivity index (χ4n) is 0.750. The van der Waals surface area contributed by atoms with Gasteiger partial charge in [-0.1, -0.05) is 6.07 Å². The van der Waals surface area contributed by atoms with Crippen molar-refractivity contribution in [2.75, 3.05) is 6.61 Å². The van der Waals surface area contributed by atoms with Crippen LogP contribution in [0.3, 0.4) is 0 Å². The van der Waals surface area contributed by atoms with E-state index < -0.39 is 5.97 Å². The van der Waals surface area contributed by atoms with Crippen LogP contribution in [0, 0.1) is 6.92 Å². The van der Waals surface area contributed by atoms with Gasteiger partial charge in [0.15, 0.2) is 0 Å². The molecule has 0 spiro atoms. The van der Waals surface area contributed by atoms with Gasteiger partial charge in [0, 0.05) is 6.20 Å². The van der Waals surface area contributed by atoms with Crippen LogP contribution < -0.4 is 0 Å². The van der Waals surface area contributed by atoms with Crippen molar-refractivity contribution in [3.63, 3.8) is 0 Å². The van der Waals surface area contributed by atoms with Crippen LogP contribution in [0.15, 0.2) is 18.3 Å². The van der Waals surface area contributed by atoms with Gasteiger partial charge < -0.3 is 4.74 Å². The molecule has 0 bridgehead atoms. The van der Waals surface area contributed by atoms with Crippen molar-refractivity contribution >= 4 is 5.97 Å².